The second-order valence-electron chi connectivity index (χ2n) is 7.76. The van der Waals surface area contributed by atoms with E-state index in [1.807, 2.05) is 31.0 Å². The lowest BCUT2D eigenvalue weighted by Crippen LogP contribution is -2.39. The van der Waals surface area contributed by atoms with Gasteiger partial charge in [-0.25, -0.2) is 0 Å². The molecule has 1 aromatic heterocycles. The quantitative estimate of drug-likeness (QED) is 0.507. The molecule has 164 valence electrons. The van der Waals surface area contributed by atoms with E-state index in [0.717, 1.165) is 56.4 Å². The van der Waals surface area contributed by atoms with Gasteiger partial charge < -0.3 is 19.9 Å². The minimum atomic E-state index is 0.507. The molecule has 1 aliphatic heterocycles. The molecule has 1 N–H and O–H groups in total. The number of nitrogens with one attached hydrogen (secondary N) is 1. The predicted molar refractivity (Wildman–Crippen MR) is 122 cm³/mol. The van der Waals surface area contributed by atoms with Crippen molar-refractivity contribution < 1.29 is 4.74 Å². The van der Waals surface area contributed by atoms with Gasteiger partial charge in [-0.3, -0.25) is 9.67 Å². The number of nitrogens with zero attached hydrogens (tertiary/aromatic N) is 5. The Morgan fingerprint density at radius 2 is 2.10 bits per heavy atom. The summed E-state index contributed by atoms with van der Waals surface area (Å²) in [4.78, 5) is 9.22. The first-order valence-electron chi connectivity index (χ1n) is 11.0. The number of ether oxygens (including phenoxy) is 1. The van der Waals surface area contributed by atoms with Gasteiger partial charge in [-0.05, 0) is 31.1 Å². The van der Waals surface area contributed by atoms with E-state index in [9.17, 15) is 0 Å². The summed E-state index contributed by atoms with van der Waals surface area (Å²) in [6.07, 6.45) is 5.23. The van der Waals surface area contributed by atoms with E-state index in [2.05, 4.69) is 63.5 Å². The first-order valence-corrected chi connectivity index (χ1v) is 11.0. The molecule has 3 rings (SSSR count). The highest BCUT2D eigenvalue weighted by Gasteiger charge is 2.26. The van der Waals surface area contributed by atoms with E-state index in [-0.39, 0.29) is 0 Å². The van der Waals surface area contributed by atoms with Crippen molar-refractivity contribution in [2.75, 3.05) is 46.4 Å². The molecule has 30 heavy (non-hydrogen) atoms. The van der Waals surface area contributed by atoms with Crippen LogP contribution in [0.25, 0.3) is 0 Å². The standard InChI is InChI=1S/C23H36N6O/c1-5-28(6-2)13-14-30-22-10-8-7-9-19(22)15-25-23(24-3)29-12-11-20(18-29)21-16-26-27(4)17-21/h7-10,16-17,20H,5-6,11-15,18H2,1-4H3,(H,24,25). The summed E-state index contributed by atoms with van der Waals surface area (Å²) in [6, 6.07) is 8.26. The molecule has 1 aliphatic rings. The van der Waals surface area contributed by atoms with Gasteiger partial charge in [0.2, 0.25) is 0 Å². The van der Waals surface area contributed by atoms with Crippen LogP contribution >= 0.6 is 0 Å². The molecule has 0 radical (unpaired) electrons. The summed E-state index contributed by atoms with van der Waals surface area (Å²) in [7, 11) is 3.82. The maximum atomic E-state index is 6.10. The van der Waals surface area contributed by atoms with E-state index in [4.69, 9.17) is 4.74 Å². The van der Waals surface area contributed by atoms with Crippen LogP contribution in [-0.2, 0) is 13.6 Å². The normalized spacial score (nSPS) is 17.0. The second kappa shape index (κ2) is 11.0. The fourth-order valence-electron chi connectivity index (χ4n) is 4.00. The predicted octanol–water partition coefficient (Wildman–Crippen LogP) is 2.71. The summed E-state index contributed by atoms with van der Waals surface area (Å²) in [5, 5.41) is 7.85. The number of guanidine groups is 1. The number of aliphatic imine (C=N–C) groups is 1. The zero-order valence-corrected chi connectivity index (χ0v) is 18.8. The Morgan fingerprint density at radius 1 is 1.30 bits per heavy atom. The number of likely N-dealkylation sites (tertiary alicyclic amines) is 1. The third-order valence-electron chi connectivity index (χ3n) is 5.86. The first kappa shape index (κ1) is 22.2. The van der Waals surface area contributed by atoms with E-state index >= 15 is 0 Å². The Kier molecular flexibility index (Phi) is 8.13. The number of hydrogen-bond acceptors (Lipinski definition) is 4. The molecule has 0 spiro atoms. The largest absolute Gasteiger partial charge is 0.492 e. The molecule has 2 heterocycles. The Balaban J connectivity index is 1.54. The van der Waals surface area contributed by atoms with Gasteiger partial charge in [0.25, 0.3) is 0 Å². The SMILES string of the molecule is CCN(CC)CCOc1ccccc1CNC(=NC)N1CCC(c2cnn(C)c2)C1. The Morgan fingerprint density at radius 3 is 2.80 bits per heavy atom. The first-order chi connectivity index (χ1) is 14.6. The van der Waals surface area contributed by atoms with Crippen LogP contribution in [0.15, 0.2) is 41.7 Å². The van der Waals surface area contributed by atoms with Gasteiger partial charge in [-0.2, -0.15) is 5.10 Å². The Labute approximate surface area is 180 Å². The van der Waals surface area contributed by atoms with E-state index < -0.39 is 0 Å². The number of rotatable bonds is 9. The molecule has 0 aliphatic carbocycles. The van der Waals surface area contributed by atoms with Crippen molar-refractivity contribution in [3.05, 3.63) is 47.8 Å². The van der Waals surface area contributed by atoms with Crippen LogP contribution in [0.2, 0.25) is 0 Å². The molecule has 1 aromatic carbocycles. The maximum absolute atomic E-state index is 6.10. The van der Waals surface area contributed by atoms with Gasteiger partial charge in [-0.1, -0.05) is 32.0 Å². The number of aryl methyl sites for hydroxylation is 1. The fourth-order valence-corrected chi connectivity index (χ4v) is 4.00. The van der Waals surface area contributed by atoms with Crippen molar-refractivity contribution in [2.24, 2.45) is 12.0 Å². The van der Waals surface area contributed by atoms with Crippen LogP contribution in [0.1, 0.15) is 37.3 Å². The van der Waals surface area contributed by atoms with Crippen molar-refractivity contribution in [3.63, 3.8) is 0 Å². The summed E-state index contributed by atoms with van der Waals surface area (Å²) < 4.78 is 7.97. The molecule has 0 bridgehead atoms. The molecule has 0 amide bonds. The molecule has 2 aromatic rings. The van der Waals surface area contributed by atoms with Crippen LogP contribution in [0.5, 0.6) is 5.75 Å². The number of aromatic nitrogens is 2. The summed E-state index contributed by atoms with van der Waals surface area (Å²) in [6.45, 7) is 10.8. The molecule has 7 nitrogen and oxygen atoms in total. The van der Waals surface area contributed by atoms with Crippen molar-refractivity contribution in [2.45, 2.75) is 32.7 Å². The van der Waals surface area contributed by atoms with Gasteiger partial charge in [0.05, 0.1) is 6.20 Å². The lowest BCUT2D eigenvalue weighted by Gasteiger charge is -2.22. The van der Waals surface area contributed by atoms with Gasteiger partial charge >= 0.3 is 0 Å². The molecule has 1 saturated heterocycles. The average molecular weight is 413 g/mol. The smallest absolute Gasteiger partial charge is 0.193 e. The number of hydrogen-bond donors (Lipinski definition) is 1. The van der Waals surface area contributed by atoms with Gasteiger partial charge in [0, 0.05) is 58.0 Å². The lowest BCUT2D eigenvalue weighted by molar-refractivity contribution is 0.221. The lowest BCUT2D eigenvalue weighted by atomic mass is 10.0. The van der Waals surface area contributed by atoms with E-state index in [0.29, 0.717) is 19.1 Å². The minimum Gasteiger partial charge on any atom is -0.492 e. The highest BCUT2D eigenvalue weighted by Crippen LogP contribution is 2.27. The molecule has 0 saturated carbocycles. The zero-order valence-electron chi connectivity index (χ0n) is 18.8. The van der Waals surface area contributed by atoms with Gasteiger partial charge in [-0.15, -0.1) is 0 Å². The highest BCUT2D eigenvalue weighted by molar-refractivity contribution is 5.80. The van der Waals surface area contributed by atoms with E-state index in [1.54, 1.807) is 0 Å². The topological polar surface area (TPSA) is 57.9 Å². The maximum Gasteiger partial charge on any atom is 0.193 e. The fraction of sp³-hybridized carbons (Fsp3) is 0.565. The second-order valence-corrected chi connectivity index (χ2v) is 7.76. The monoisotopic (exact) mass is 412 g/mol. The van der Waals surface area contributed by atoms with Crippen LogP contribution < -0.4 is 10.1 Å². The molecule has 1 unspecified atom stereocenters. The van der Waals surface area contributed by atoms with Crippen LogP contribution in [0.4, 0.5) is 0 Å². The van der Waals surface area contributed by atoms with Crippen LogP contribution in [0.3, 0.4) is 0 Å². The molecular formula is C23H36N6O. The van der Waals surface area contributed by atoms with Crippen molar-refractivity contribution >= 4 is 5.96 Å². The Hall–Kier alpha value is -2.54. The van der Waals surface area contributed by atoms with Crippen molar-refractivity contribution in [3.8, 4) is 5.75 Å². The molecular weight excluding hydrogens is 376 g/mol. The number of benzene rings is 1. The number of para-hydroxylation sites is 1. The van der Waals surface area contributed by atoms with Crippen LogP contribution in [-0.4, -0.2) is 71.9 Å². The Bertz CT molecular complexity index is 814. The molecule has 1 fully saturated rings. The van der Waals surface area contributed by atoms with Crippen molar-refractivity contribution in [1.29, 1.82) is 0 Å². The summed E-state index contributed by atoms with van der Waals surface area (Å²) in [5.74, 6) is 2.40. The summed E-state index contributed by atoms with van der Waals surface area (Å²) >= 11 is 0. The molecule has 7 heteroatoms. The minimum absolute atomic E-state index is 0.507. The van der Waals surface area contributed by atoms with Gasteiger partial charge in [0.1, 0.15) is 12.4 Å². The zero-order chi connectivity index (χ0) is 21.3. The third kappa shape index (κ3) is 5.75. The highest BCUT2D eigenvalue weighted by atomic mass is 16.5. The molecule has 1 atom stereocenters. The van der Waals surface area contributed by atoms with E-state index in [1.165, 1.54) is 5.56 Å². The summed E-state index contributed by atoms with van der Waals surface area (Å²) in [5.41, 5.74) is 2.46. The third-order valence-corrected chi connectivity index (χ3v) is 5.86. The number of likely N-dealkylation sites (N-methyl/N-ethyl adjacent to an activating group) is 1. The van der Waals surface area contributed by atoms with Crippen LogP contribution in [0, 0.1) is 0 Å². The average Bonchev–Trinajstić information content (AvgIpc) is 3.42. The van der Waals surface area contributed by atoms with Crippen molar-refractivity contribution in [1.82, 2.24) is 24.9 Å². The van der Waals surface area contributed by atoms with Gasteiger partial charge in [0.15, 0.2) is 5.96 Å².